The standard InChI is InChI=1S/C17H32N2O2/c1-5-21-16(20)17(18-14-8-9-14)10-6-7-15(11-17)19(4)12-13(2)3/h13-15,18H,5-12H2,1-4H3. The summed E-state index contributed by atoms with van der Waals surface area (Å²) in [5.74, 6) is 0.629. The fraction of sp³-hybridized carbons (Fsp3) is 0.941. The minimum absolute atomic E-state index is 0.0282. The molecule has 0 aliphatic heterocycles. The molecule has 0 bridgehead atoms. The number of rotatable bonds is 7. The van der Waals surface area contributed by atoms with Gasteiger partial charge in [0.25, 0.3) is 0 Å². The van der Waals surface area contributed by atoms with E-state index in [4.69, 9.17) is 4.74 Å². The van der Waals surface area contributed by atoms with Crippen molar-refractivity contribution < 1.29 is 9.53 Å². The third-order valence-electron chi connectivity index (χ3n) is 4.73. The third kappa shape index (κ3) is 4.43. The Balaban J connectivity index is 2.06. The van der Waals surface area contributed by atoms with Crippen molar-refractivity contribution in [2.24, 2.45) is 5.92 Å². The Hall–Kier alpha value is -0.610. The highest BCUT2D eigenvalue weighted by molar-refractivity contribution is 5.81. The Bertz CT molecular complexity index is 355. The summed E-state index contributed by atoms with van der Waals surface area (Å²) < 4.78 is 5.40. The maximum absolute atomic E-state index is 12.6. The van der Waals surface area contributed by atoms with Gasteiger partial charge in [-0.05, 0) is 58.4 Å². The van der Waals surface area contributed by atoms with Crippen LogP contribution in [-0.2, 0) is 9.53 Å². The van der Waals surface area contributed by atoms with E-state index < -0.39 is 5.54 Å². The van der Waals surface area contributed by atoms with Crippen molar-refractivity contribution in [3.05, 3.63) is 0 Å². The van der Waals surface area contributed by atoms with Gasteiger partial charge in [0.2, 0.25) is 0 Å². The van der Waals surface area contributed by atoms with Gasteiger partial charge in [-0.25, -0.2) is 0 Å². The van der Waals surface area contributed by atoms with Gasteiger partial charge in [0.05, 0.1) is 6.61 Å². The van der Waals surface area contributed by atoms with Gasteiger partial charge >= 0.3 is 5.97 Å². The maximum Gasteiger partial charge on any atom is 0.326 e. The second-order valence-electron chi connectivity index (χ2n) is 7.30. The number of nitrogens with one attached hydrogen (secondary N) is 1. The van der Waals surface area contributed by atoms with Gasteiger partial charge in [0, 0.05) is 18.6 Å². The van der Waals surface area contributed by atoms with Crippen molar-refractivity contribution >= 4 is 5.97 Å². The number of carbonyl (C=O) groups excluding carboxylic acids is 1. The first-order valence-corrected chi connectivity index (χ1v) is 8.62. The molecular formula is C17H32N2O2. The van der Waals surface area contributed by atoms with Crippen LogP contribution in [-0.4, -0.2) is 48.7 Å². The molecule has 0 aromatic carbocycles. The van der Waals surface area contributed by atoms with E-state index in [1.54, 1.807) is 0 Å². The predicted molar refractivity (Wildman–Crippen MR) is 85.2 cm³/mol. The monoisotopic (exact) mass is 296 g/mol. The average Bonchev–Trinajstić information content (AvgIpc) is 3.22. The molecule has 0 amide bonds. The molecule has 2 aliphatic carbocycles. The fourth-order valence-corrected chi connectivity index (χ4v) is 3.61. The number of nitrogens with zero attached hydrogens (tertiary/aromatic N) is 1. The van der Waals surface area contributed by atoms with E-state index in [0.29, 0.717) is 24.6 Å². The normalized spacial score (nSPS) is 29.9. The molecule has 2 rings (SSSR count). The maximum atomic E-state index is 12.6. The molecule has 4 nitrogen and oxygen atoms in total. The average molecular weight is 296 g/mol. The topological polar surface area (TPSA) is 41.6 Å². The molecule has 2 aliphatic rings. The summed E-state index contributed by atoms with van der Waals surface area (Å²) >= 11 is 0. The van der Waals surface area contributed by atoms with Crippen LogP contribution in [0.15, 0.2) is 0 Å². The highest BCUT2D eigenvalue weighted by Gasteiger charge is 2.47. The van der Waals surface area contributed by atoms with Crippen molar-refractivity contribution in [1.82, 2.24) is 10.2 Å². The smallest absolute Gasteiger partial charge is 0.326 e. The SMILES string of the molecule is CCOC(=O)C1(NC2CC2)CCCC(N(C)CC(C)C)C1. The van der Waals surface area contributed by atoms with Crippen LogP contribution in [0.25, 0.3) is 0 Å². The zero-order valence-corrected chi connectivity index (χ0v) is 14.2. The molecule has 2 atom stereocenters. The van der Waals surface area contributed by atoms with Crippen LogP contribution < -0.4 is 5.32 Å². The van der Waals surface area contributed by atoms with Crippen LogP contribution in [0.2, 0.25) is 0 Å². The number of hydrogen-bond donors (Lipinski definition) is 1. The van der Waals surface area contributed by atoms with E-state index >= 15 is 0 Å². The minimum atomic E-state index is -0.439. The van der Waals surface area contributed by atoms with Crippen molar-refractivity contribution in [2.45, 2.75) is 76.9 Å². The van der Waals surface area contributed by atoms with Crippen molar-refractivity contribution in [3.8, 4) is 0 Å². The Morgan fingerprint density at radius 1 is 1.38 bits per heavy atom. The van der Waals surface area contributed by atoms with Crippen LogP contribution in [0.4, 0.5) is 0 Å². The molecule has 1 N–H and O–H groups in total. The molecule has 2 saturated carbocycles. The van der Waals surface area contributed by atoms with Gasteiger partial charge in [0.1, 0.15) is 5.54 Å². The first-order valence-electron chi connectivity index (χ1n) is 8.62. The third-order valence-corrected chi connectivity index (χ3v) is 4.73. The molecule has 21 heavy (non-hydrogen) atoms. The number of esters is 1. The summed E-state index contributed by atoms with van der Waals surface area (Å²) in [6.07, 6.45) is 6.52. The predicted octanol–water partition coefficient (Wildman–Crippen LogP) is 2.57. The van der Waals surface area contributed by atoms with Gasteiger partial charge < -0.3 is 9.64 Å². The number of hydrogen-bond acceptors (Lipinski definition) is 4. The molecular weight excluding hydrogens is 264 g/mol. The summed E-state index contributed by atoms with van der Waals surface area (Å²) in [6, 6.07) is 1.01. The zero-order chi connectivity index (χ0) is 15.5. The highest BCUT2D eigenvalue weighted by Crippen LogP contribution is 2.35. The Morgan fingerprint density at radius 3 is 2.67 bits per heavy atom. The summed E-state index contributed by atoms with van der Waals surface area (Å²) in [5, 5.41) is 3.63. The van der Waals surface area contributed by atoms with Crippen LogP contribution >= 0.6 is 0 Å². The molecule has 0 aromatic rings. The van der Waals surface area contributed by atoms with E-state index in [0.717, 1.165) is 25.8 Å². The molecule has 0 saturated heterocycles. The van der Waals surface area contributed by atoms with Gasteiger partial charge in [0.15, 0.2) is 0 Å². The van der Waals surface area contributed by atoms with Crippen LogP contribution in [0.3, 0.4) is 0 Å². The lowest BCUT2D eigenvalue weighted by atomic mass is 9.78. The Kier molecular flexibility index (Phi) is 5.67. The molecule has 4 heteroatoms. The summed E-state index contributed by atoms with van der Waals surface area (Å²) in [5.41, 5.74) is -0.439. The Morgan fingerprint density at radius 2 is 2.10 bits per heavy atom. The Labute approximate surface area is 129 Å². The quantitative estimate of drug-likeness (QED) is 0.733. The first-order chi connectivity index (χ1) is 9.97. The number of carbonyl (C=O) groups is 1. The van der Waals surface area contributed by atoms with Crippen molar-refractivity contribution in [2.75, 3.05) is 20.2 Å². The molecule has 0 heterocycles. The second kappa shape index (κ2) is 7.10. The van der Waals surface area contributed by atoms with E-state index in [2.05, 4.69) is 31.1 Å². The summed E-state index contributed by atoms with van der Waals surface area (Å²) in [4.78, 5) is 15.0. The minimum Gasteiger partial charge on any atom is -0.465 e. The van der Waals surface area contributed by atoms with Crippen LogP contribution in [0, 0.1) is 5.92 Å². The molecule has 0 radical (unpaired) electrons. The molecule has 0 spiro atoms. The van der Waals surface area contributed by atoms with Crippen LogP contribution in [0.5, 0.6) is 0 Å². The molecule has 2 unspecified atom stereocenters. The lowest BCUT2D eigenvalue weighted by Crippen LogP contribution is -2.59. The second-order valence-corrected chi connectivity index (χ2v) is 7.30. The van der Waals surface area contributed by atoms with E-state index in [-0.39, 0.29) is 5.97 Å². The lowest BCUT2D eigenvalue weighted by Gasteiger charge is -2.43. The summed E-state index contributed by atoms with van der Waals surface area (Å²) in [7, 11) is 2.20. The zero-order valence-electron chi connectivity index (χ0n) is 14.2. The van der Waals surface area contributed by atoms with E-state index in [1.165, 1.54) is 19.3 Å². The number of ether oxygens (including phenoxy) is 1. The lowest BCUT2D eigenvalue weighted by molar-refractivity contribution is -0.154. The fourth-order valence-electron chi connectivity index (χ4n) is 3.61. The van der Waals surface area contributed by atoms with Gasteiger partial charge in [-0.1, -0.05) is 13.8 Å². The van der Waals surface area contributed by atoms with E-state index in [9.17, 15) is 4.79 Å². The first kappa shape index (κ1) is 16.8. The van der Waals surface area contributed by atoms with Crippen LogP contribution in [0.1, 0.15) is 59.3 Å². The van der Waals surface area contributed by atoms with Crippen molar-refractivity contribution in [3.63, 3.8) is 0 Å². The van der Waals surface area contributed by atoms with Gasteiger partial charge in [-0.3, -0.25) is 10.1 Å². The summed E-state index contributed by atoms with van der Waals surface area (Å²) in [6.45, 7) is 7.96. The molecule has 2 fully saturated rings. The largest absolute Gasteiger partial charge is 0.465 e. The van der Waals surface area contributed by atoms with Gasteiger partial charge in [-0.15, -0.1) is 0 Å². The highest BCUT2D eigenvalue weighted by atomic mass is 16.5. The van der Waals surface area contributed by atoms with E-state index in [1.807, 2.05) is 6.92 Å². The molecule has 0 aromatic heterocycles. The van der Waals surface area contributed by atoms with Crippen molar-refractivity contribution in [1.29, 1.82) is 0 Å². The molecule has 122 valence electrons. The van der Waals surface area contributed by atoms with Gasteiger partial charge in [-0.2, -0.15) is 0 Å².